The topological polar surface area (TPSA) is 152 Å². The molecule has 16 heteroatoms. The van der Waals surface area contributed by atoms with Crippen LogP contribution in [0.15, 0.2) is 53.5 Å². The molecule has 10 nitrogen and oxygen atoms in total. The monoisotopic (exact) mass is 610 g/mol. The molecule has 39 heavy (non-hydrogen) atoms. The van der Waals surface area contributed by atoms with Crippen LogP contribution in [0.4, 0.5) is 24.5 Å². The number of anilines is 1. The molecule has 2 aromatic rings. The minimum absolute atomic E-state index is 0.0256. The van der Waals surface area contributed by atoms with E-state index in [0.29, 0.717) is 23.2 Å². The highest BCUT2D eigenvalue weighted by atomic mass is 32.3. The Bertz CT molecular complexity index is 1390. The second kappa shape index (κ2) is 14.1. The summed E-state index contributed by atoms with van der Waals surface area (Å²) in [5.41, 5.74) is 1.36. The molecular formula is C23H25F3N2O8S3. The summed E-state index contributed by atoms with van der Waals surface area (Å²) in [6.45, 7) is 1.42. The average Bonchev–Trinajstić information content (AvgIpc) is 2.79. The van der Waals surface area contributed by atoms with E-state index in [9.17, 15) is 34.6 Å². The van der Waals surface area contributed by atoms with Crippen molar-refractivity contribution in [1.29, 1.82) is 0 Å². The van der Waals surface area contributed by atoms with Gasteiger partial charge >= 0.3 is 27.1 Å². The molecule has 0 saturated heterocycles. The highest BCUT2D eigenvalue weighted by Crippen LogP contribution is 2.31. The molecule has 0 spiro atoms. The lowest BCUT2D eigenvalue weighted by molar-refractivity contribution is -0.0999. The van der Waals surface area contributed by atoms with E-state index in [1.165, 1.54) is 42.6 Å². The van der Waals surface area contributed by atoms with Crippen LogP contribution in [0, 0.1) is 0 Å². The fourth-order valence-corrected chi connectivity index (χ4v) is 4.68. The van der Waals surface area contributed by atoms with Gasteiger partial charge in [-0.1, -0.05) is 37.1 Å². The van der Waals surface area contributed by atoms with E-state index in [4.69, 9.17) is 8.74 Å². The van der Waals surface area contributed by atoms with Crippen LogP contribution in [0.2, 0.25) is 0 Å². The summed E-state index contributed by atoms with van der Waals surface area (Å²) in [7, 11) is -9.58. The number of hydrogen-bond acceptors (Lipinski definition) is 9. The predicted octanol–water partition coefficient (Wildman–Crippen LogP) is 5.85. The van der Waals surface area contributed by atoms with Crippen molar-refractivity contribution >= 4 is 61.2 Å². The van der Waals surface area contributed by atoms with Crippen LogP contribution in [0.5, 0.6) is 0 Å². The van der Waals surface area contributed by atoms with Crippen molar-refractivity contribution < 1.29 is 47.5 Å². The molecule has 0 aromatic heterocycles. The van der Waals surface area contributed by atoms with Gasteiger partial charge in [0.05, 0.1) is 17.0 Å². The van der Waals surface area contributed by atoms with Crippen molar-refractivity contribution in [2.24, 2.45) is 4.99 Å². The maximum absolute atomic E-state index is 12.6. The molecule has 0 aliphatic carbocycles. The van der Waals surface area contributed by atoms with Gasteiger partial charge in [-0.25, -0.2) is 8.37 Å². The molecule has 0 aliphatic rings. The van der Waals surface area contributed by atoms with Crippen molar-refractivity contribution in [3.05, 3.63) is 59.7 Å². The molecule has 2 rings (SSSR count). The Morgan fingerprint density at radius 1 is 1.00 bits per heavy atom. The summed E-state index contributed by atoms with van der Waals surface area (Å²) < 4.78 is 111. The van der Waals surface area contributed by atoms with Crippen molar-refractivity contribution in [3.8, 4) is 0 Å². The second-order valence-corrected chi connectivity index (χ2v) is 10.5. The number of unbranched alkanes of at least 4 members (excludes halogenated alkanes) is 1. The number of halogens is 3. The van der Waals surface area contributed by atoms with Crippen LogP contribution in [-0.2, 0) is 29.2 Å². The SMILES string of the molecule is CC(CCCCC(OS(=O)(=O)O)C(=Cc1ccc(NC(F)(F)F)cc1)c1ccc(N=C=S)cc1)OS(=O)(=O)O. The molecule has 0 bridgehead atoms. The number of rotatable bonds is 14. The van der Waals surface area contributed by atoms with Gasteiger partial charge in [-0.3, -0.25) is 14.4 Å². The van der Waals surface area contributed by atoms with Crippen LogP contribution in [0.3, 0.4) is 0 Å². The van der Waals surface area contributed by atoms with Crippen LogP contribution in [-0.4, -0.2) is 49.6 Å². The molecule has 0 amide bonds. The normalized spacial score (nSPS) is 14.4. The standard InChI is InChI=1S/C23H25F3N2O8S3/c1-16(35-38(29,30)31)4-2-3-5-22(36-39(32,33)34)21(18-8-12-19(13-9-18)27-15-37)14-17-6-10-20(11-7-17)28-23(24,25)26/h6-14,16,22,28H,2-5H2,1H3,(H,29,30,31)(H,32,33,34). The fourth-order valence-electron chi connectivity index (χ4n) is 3.57. The first-order valence-electron chi connectivity index (χ1n) is 11.2. The lowest BCUT2D eigenvalue weighted by Gasteiger charge is -2.21. The third kappa shape index (κ3) is 13.3. The number of thiocarbonyl (C=S) groups is 1. The first kappa shape index (κ1) is 32.5. The zero-order chi connectivity index (χ0) is 29.3. The van der Waals surface area contributed by atoms with Crippen LogP contribution in [0.25, 0.3) is 11.6 Å². The first-order chi connectivity index (χ1) is 18.0. The van der Waals surface area contributed by atoms with E-state index in [1.54, 1.807) is 24.3 Å². The van der Waals surface area contributed by atoms with Crippen LogP contribution in [0.1, 0.15) is 43.7 Å². The predicted molar refractivity (Wildman–Crippen MR) is 142 cm³/mol. The Balaban J connectivity index is 2.40. The Kier molecular flexibility index (Phi) is 11.8. The smallest absolute Gasteiger partial charge is 0.298 e. The Hall–Kier alpha value is -2.69. The van der Waals surface area contributed by atoms with Crippen molar-refractivity contribution in [2.75, 3.05) is 5.32 Å². The van der Waals surface area contributed by atoms with E-state index >= 15 is 0 Å². The minimum Gasteiger partial charge on any atom is -0.298 e. The summed E-state index contributed by atoms with van der Waals surface area (Å²) in [5.74, 6) is 0. The maximum Gasteiger partial charge on any atom is 0.482 e. The molecule has 214 valence electrons. The molecule has 3 N–H and O–H groups in total. The van der Waals surface area contributed by atoms with Gasteiger partial charge in [0.1, 0.15) is 6.10 Å². The minimum atomic E-state index is -4.95. The van der Waals surface area contributed by atoms with Gasteiger partial charge in [-0.05, 0) is 79.0 Å². The number of isothiocyanates is 1. The van der Waals surface area contributed by atoms with Crippen molar-refractivity contribution in [1.82, 2.24) is 0 Å². The Morgan fingerprint density at radius 3 is 2.08 bits per heavy atom. The molecule has 2 unspecified atom stereocenters. The summed E-state index contributed by atoms with van der Waals surface area (Å²) in [6.07, 6.45) is -4.41. The van der Waals surface area contributed by atoms with Gasteiger partial charge in [0.2, 0.25) is 0 Å². The lowest BCUT2D eigenvalue weighted by Crippen LogP contribution is -2.20. The van der Waals surface area contributed by atoms with E-state index in [0.717, 1.165) is 0 Å². The molecule has 2 atom stereocenters. The maximum atomic E-state index is 12.6. The highest BCUT2D eigenvalue weighted by Gasteiger charge is 2.27. The average molecular weight is 611 g/mol. The highest BCUT2D eigenvalue weighted by molar-refractivity contribution is 7.81. The van der Waals surface area contributed by atoms with Crippen LogP contribution < -0.4 is 5.32 Å². The number of nitrogens with one attached hydrogen (secondary N) is 1. The third-order valence-electron chi connectivity index (χ3n) is 5.09. The molecular weight excluding hydrogens is 585 g/mol. The number of benzene rings is 2. The quantitative estimate of drug-likeness (QED) is 0.0593. The summed E-state index contributed by atoms with van der Waals surface area (Å²) in [6, 6.07) is 11.4. The third-order valence-corrected chi connectivity index (χ3v) is 6.23. The van der Waals surface area contributed by atoms with E-state index in [1.807, 2.05) is 0 Å². The number of nitrogens with zero attached hydrogens (tertiary/aromatic N) is 1. The zero-order valence-corrected chi connectivity index (χ0v) is 22.8. The summed E-state index contributed by atoms with van der Waals surface area (Å²) in [4.78, 5) is 3.84. The van der Waals surface area contributed by atoms with Crippen molar-refractivity contribution in [2.45, 2.75) is 51.1 Å². The van der Waals surface area contributed by atoms with E-state index < -0.39 is 39.3 Å². The molecule has 2 aromatic carbocycles. The Morgan fingerprint density at radius 2 is 1.56 bits per heavy atom. The number of aliphatic imine (C=N–C) groups is 1. The van der Waals surface area contributed by atoms with Gasteiger partial charge < -0.3 is 0 Å². The van der Waals surface area contributed by atoms with Gasteiger partial charge in [0.25, 0.3) is 0 Å². The second-order valence-electron chi connectivity index (χ2n) is 8.23. The summed E-state index contributed by atoms with van der Waals surface area (Å²) in [5, 5.41) is 3.59. The van der Waals surface area contributed by atoms with Crippen molar-refractivity contribution in [3.63, 3.8) is 0 Å². The molecule has 0 fully saturated rings. The molecule has 0 aliphatic heterocycles. The van der Waals surface area contributed by atoms with Gasteiger partial charge in [0, 0.05) is 5.69 Å². The first-order valence-corrected chi connectivity index (χ1v) is 14.3. The lowest BCUT2D eigenvalue weighted by atomic mass is 9.94. The molecule has 0 heterocycles. The van der Waals surface area contributed by atoms with E-state index in [2.05, 4.69) is 26.6 Å². The number of hydrogen-bond donors (Lipinski definition) is 3. The summed E-state index contributed by atoms with van der Waals surface area (Å²) >= 11 is 4.58. The fraction of sp³-hybridized carbons (Fsp3) is 0.348. The molecule has 0 radical (unpaired) electrons. The van der Waals surface area contributed by atoms with Gasteiger partial charge in [-0.15, -0.1) is 0 Å². The molecule has 0 saturated carbocycles. The largest absolute Gasteiger partial charge is 0.482 e. The van der Waals surface area contributed by atoms with Crippen LogP contribution >= 0.6 is 12.2 Å². The van der Waals surface area contributed by atoms with Gasteiger partial charge in [0.15, 0.2) is 0 Å². The Labute approximate surface area is 229 Å². The number of alkyl halides is 3. The van der Waals surface area contributed by atoms with E-state index in [-0.39, 0.29) is 30.5 Å². The zero-order valence-electron chi connectivity index (χ0n) is 20.3. The van der Waals surface area contributed by atoms with Gasteiger partial charge in [-0.2, -0.15) is 35.0 Å².